The first-order valence-electron chi connectivity index (χ1n) is 4.18. The lowest BCUT2D eigenvalue weighted by atomic mass is 10.4. The Morgan fingerprint density at radius 3 is 2.75 bits per heavy atom. The topological polar surface area (TPSA) is 68.0 Å². The van der Waals surface area contributed by atoms with Gasteiger partial charge in [0.25, 0.3) is 0 Å². The molecule has 2 heterocycles. The van der Waals surface area contributed by atoms with Crippen molar-refractivity contribution < 1.29 is 9.90 Å². The molecule has 0 fully saturated rings. The molecule has 0 aromatic carbocycles. The van der Waals surface area contributed by atoms with E-state index < -0.39 is 5.97 Å². The van der Waals surface area contributed by atoms with E-state index in [-0.39, 0.29) is 5.69 Å². The third-order valence-electron chi connectivity index (χ3n) is 1.81. The molecule has 16 heavy (non-hydrogen) atoms. The fourth-order valence-electron chi connectivity index (χ4n) is 1.13. The molecular weight excluding hydrogens is 253 g/mol. The van der Waals surface area contributed by atoms with Crippen LogP contribution in [0, 0.1) is 0 Å². The predicted molar refractivity (Wildman–Crippen MR) is 58.3 cm³/mol. The van der Waals surface area contributed by atoms with Crippen molar-refractivity contribution in [2.24, 2.45) is 0 Å². The van der Waals surface area contributed by atoms with E-state index in [4.69, 9.17) is 28.3 Å². The van der Waals surface area contributed by atoms with Gasteiger partial charge < -0.3 is 5.11 Å². The SMILES string of the molecule is O=C(O)c1ccn(-c2ncc(Cl)cc2Cl)n1. The molecule has 0 aliphatic carbocycles. The maximum Gasteiger partial charge on any atom is 0.356 e. The van der Waals surface area contributed by atoms with Crippen LogP contribution in [0.2, 0.25) is 10.0 Å². The van der Waals surface area contributed by atoms with Crippen LogP contribution >= 0.6 is 23.2 Å². The summed E-state index contributed by atoms with van der Waals surface area (Å²) in [6, 6.07) is 2.86. The molecule has 0 saturated carbocycles. The van der Waals surface area contributed by atoms with Crippen molar-refractivity contribution in [3.05, 3.63) is 40.3 Å². The van der Waals surface area contributed by atoms with Crippen molar-refractivity contribution in [2.75, 3.05) is 0 Å². The first kappa shape index (κ1) is 10.9. The van der Waals surface area contributed by atoms with Crippen LogP contribution in [0.3, 0.4) is 0 Å². The van der Waals surface area contributed by atoms with Crippen molar-refractivity contribution in [3.8, 4) is 5.82 Å². The number of carboxylic acids is 1. The van der Waals surface area contributed by atoms with Crippen molar-refractivity contribution >= 4 is 29.2 Å². The van der Waals surface area contributed by atoms with Crippen LogP contribution in [0.25, 0.3) is 5.82 Å². The van der Waals surface area contributed by atoms with E-state index in [1.807, 2.05) is 0 Å². The minimum Gasteiger partial charge on any atom is -0.476 e. The molecule has 0 spiro atoms. The summed E-state index contributed by atoms with van der Waals surface area (Å²) < 4.78 is 1.28. The first-order chi connectivity index (χ1) is 7.58. The highest BCUT2D eigenvalue weighted by atomic mass is 35.5. The Labute approximate surface area is 100 Å². The van der Waals surface area contributed by atoms with Crippen LogP contribution in [0.5, 0.6) is 0 Å². The van der Waals surface area contributed by atoms with E-state index in [0.717, 1.165) is 0 Å². The van der Waals surface area contributed by atoms with Crippen molar-refractivity contribution in [2.45, 2.75) is 0 Å². The molecule has 0 aliphatic rings. The van der Waals surface area contributed by atoms with Gasteiger partial charge in [0.2, 0.25) is 0 Å². The summed E-state index contributed by atoms with van der Waals surface area (Å²) in [5.74, 6) is -0.776. The Morgan fingerprint density at radius 2 is 2.19 bits per heavy atom. The molecule has 0 bridgehead atoms. The molecule has 2 aromatic rings. The second-order valence-corrected chi connectivity index (χ2v) is 3.75. The van der Waals surface area contributed by atoms with Crippen LogP contribution in [0.15, 0.2) is 24.5 Å². The molecule has 2 aromatic heterocycles. The van der Waals surface area contributed by atoms with Gasteiger partial charge in [0.1, 0.15) is 0 Å². The maximum atomic E-state index is 10.6. The van der Waals surface area contributed by atoms with E-state index in [2.05, 4.69) is 10.1 Å². The number of rotatable bonds is 2. The molecule has 0 amide bonds. The van der Waals surface area contributed by atoms with Gasteiger partial charge in [-0.25, -0.2) is 14.5 Å². The molecule has 0 saturated heterocycles. The smallest absolute Gasteiger partial charge is 0.356 e. The minimum absolute atomic E-state index is 0.0761. The molecule has 1 N–H and O–H groups in total. The molecule has 0 aliphatic heterocycles. The highest BCUT2D eigenvalue weighted by Crippen LogP contribution is 2.21. The molecule has 7 heteroatoms. The standard InChI is InChI=1S/C9H5Cl2N3O2/c10-5-3-6(11)8(12-4-5)14-2-1-7(13-14)9(15)16/h1-4H,(H,15,16). The van der Waals surface area contributed by atoms with Gasteiger partial charge in [0, 0.05) is 12.4 Å². The average molecular weight is 258 g/mol. The first-order valence-corrected chi connectivity index (χ1v) is 4.94. The van der Waals surface area contributed by atoms with Gasteiger partial charge in [-0.3, -0.25) is 0 Å². The van der Waals surface area contributed by atoms with Crippen LogP contribution in [-0.2, 0) is 0 Å². The van der Waals surface area contributed by atoms with E-state index in [0.29, 0.717) is 15.9 Å². The quantitative estimate of drug-likeness (QED) is 0.897. The summed E-state index contributed by atoms with van der Waals surface area (Å²) in [5, 5.41) is 13.2. The lowest BCUT2D eigenvalue weighted by Crippen LogP contribution is -2.03. The minimum atomic E-state index is -1.11. The number of carboxylic acid groups (broad SMARTS) is 1. The summed E-state index contributed by atoms with van der Waals surface area (Å²) >= 11 is 11.6. The van der Waals surface area contributed by atoms with Gasteiger partial charge >= 0.3 is 5.97 Å². The van der Waals surface area contributed by atoms with Crippen molar-refractivity contribution in [3.63, 3.8) is 0 Å². The number of aromatic carboxylic acids is 1. The normalized spacial score (nSPS) is 10.4. The van der Waals surface area contributed by atoms with Gasteiger partial charge in [-0.15, -0.1) is 0 Å². The molecule has 82 valence electrons. The number of halogens is 2. The monoisotopic (exact) mass is 257 g/mol. The van der Waals surface area contributed by atoms with Crippen LogP contribution < -0.4 is 0 Å². The van der Waals surface area contributed by atoms with E-state index >= 15 is 0 Å². The zero-order valence-corrected chi connectivity index (χ0v) is 9.27. The van der Waals surface area contributed by atoms with Gasteiger partial charge in [-0.05, 0) is 12.1 Å². The Balaban J connectivity index is 2.46. The van der Waals surface area contributed by atoms with Gasteiger partial charge in [0.05, 0.1) is 10.0 Å². The highest BCUT2D eigenvalue weighted by molar-refractivity contribution is 6.35. The van der Waals surface area contributed by atoms with Gasteiger partial charge in [0.15, 0.2) is 11.5 Å². The lowest BCUT2D eigenvalue weighted by molar-refractivity contribution is 0.0690. The summed E-state index contributed by atoms with van der Waals surface area (Å²) in [6.45, 7) is 0. The molecule has 2 rings (SSSR count). The Bertz CT molecular complexity index is 553. The molecule has 5 nitrogen and oxygen atoms in total. The number of pyridine rings is 1. The number of aromatic nitrogens is 3. The molecule has 0 radical (unpaired) electrons. The van der Waals surface area contributed by atoms with Crippen LogP contribution in [0.4, 0.5) is 0 Å². The van der Waals surface area contributed by atoms with Gasteiger partial charge in [-0.2, -0.15) is 5.10 Å². The number of hydrogen-bond donors (Lipinski definition) is 1. The molecule has 0 atom stereocenters. The summed E-state index contributed by atoms with van der Waals surface area (Å²) in [4.78, 5) is 14.6. The largest absolute Gasteiger partial charge is 0.476 e. The summed E-state index contributed by atoms with van der Waals surface area (Å²) in [6.07, 6.45) is 2.87. The summed E-state index contributed by atoms with van der Waals surface area (Å²) in [5.41, 5.74) is -0.0761. The van der Waals surface area contributed by atoms with Crippen LogP contribution in [-0.4, -0.2) is 25.8 Å². The molecule has 0 unspecified atom stereocenters. The second kappa shape index (κ2) is 4.11. The second-order valence-electron chi connectivity index (χ2n) is 2.91. The lowest BCUT2D eigenvalue weighted by Gasteiger charge is -2.02. The van der Waals surface area contributed by atoms with E-state index in [9.17, 15) is 4.79 Å². The Kier molecular flexibility index (Phi) is 2.80. The van der Waals surface area contributed by atoms with Gasteiger partial charge in [-0.1, -0.05) is 23.2 Å². The van der Waals surface area contributed by atoms with E-state index in [1.54, 1.807) is 0 Å². The Hall–Kier alpha value is -1.59. The zero-order valence-electron chi connectivity index (χ0n) is 7.76. The van der Waals surface area contributed by atoms with Crippen molar-refractivity contribution in [1.82, 2.24) is 14.8 Å². The predicted octanol–water partition coefficient (Wildman–Crippen LogP) is 2.27. The number of hydrogen-bond acceptors (Lipinski definition) is 3. The summed E-state index contributed by atoms with van der Waals surface area (Å²) in [7, 11) is 0. The van der Waals surface area contributed by atoms with Crippen LogP contribution in [0.1, 0.15) is 10.5 Å². The van der Waals surface area contributed by atoms with E-state index in [1.165, 1.54) is 29.2 Å². The highest BCUT2D eigenvalue weighted by Gasteiger charge is 2.10. The fourth-order valence-corrected chi connectivity index (χ4v) is 1.60. The fraction of sp³-hybridized carbons (Fsp3) is 0. The third-order valence-corrected chi connectivity index (χ3v) is 2.30. The average Bonchev–Trinajstić information content (AvgIpc) is 2.66. The maximum absolute atomic E-state index is 10.6. The van der Waals surface area contributed by atoms with Crippen molar-refractivity contribution in [1.29, 1.82) is 0 Å². The Morgan fingerprint density at radius 1 is 1.44 bits per heavy atom. The zero-order chi connectivity index (χ0) is 11.7. The number of carbonyl (C=O) groups is 1. The molecular formula is C9H5Cl2N3O2. The number of nitrogens with zero attached hydrogens (tertiary/aromatic N) is 3. The third kappa shape index (κ3) is 2.00.